The molecule has 0 saturated heterocycles. The minimum Gasteiger partial charge on any atom is -0.508 e. The second-order valence-corrected chi connectivity index (χ2v) is 34.9. The topological polar surface area (TPSA) is 147 Å². The van der Waals surface area contributed by atoms with Gasteiger partial charge in [0.15, 0.2) is 11.5 Å². The highest BCUT2D eigenvalue weighted by Crippen LogP contribution is 2.29. The van der Waals surface area contributed by atoms with Crippen LogP contribution in [-0.2, 0) is 50.6 Å². The molecule has 0 atom stereocenters. The van der Waals surface area contributed by atoms with E-state index in [2.05, 4.69) is 52.4 Å². The lowest BCUT2D eigenvalue weighted by Gasteiger charge is -2.28. The molecule has 10 nitrogen and oxygen atoms in total. The lowest BCUT2D eigenvalue weighted by Crippen LogP contribution is -2.38. The van der Waals surface area contributed by atoms with Crippen molar-refractivity contribution in [1.82, 2.24) is 0 Å². The van der Waals surface area contributed by atoms with Gasteiger partial charge in [0.25, 0.3) is 0 Å². The van der Waals surface area contributed by atoms with Crippen LogP contribution in [0.25, 0.3) is 0 Å². The van der Waals surface area contributed by atoms with Crippen molar-refractivity contribution in [2.45, 2.75) is 135 Å². The van der Waals surface area contributed by atoms with E-state index in [-0.39, 0.29) is 18.1 Å². The van der Waals surface area contributed by atoms with Crippen LogP contribution in [-0.4, -0.2) is 65.9 Å². The smallest absolute Gasteiger partial charge is 0.231 e. The van der Waals surface area contributed by atoms with Gasteiger partial charge in [-0.2, -0.15) is 0 Å². The number of para-hydroxylation sites is 2. The van der Waals surface area contributed by atoms with Crippen molar-refractivity contribution in [2.75, 3.05) is 7.11 Å². The summed E-state index contributed by atoms with van der Waals surface area (Å²) in [5.41, 5.74) is 4.80. The molecule has 0 unspecified atom stereocenters. The number of methoxy groups -OCH3 is 1. The van der Waals surface area contributed by atoms with E-state index in [1.54, 1.807) is 31.4 Å². The van der Waals surface area contributed by atoms with Gasteiger partial charge >= 0.3 is 0 Å². The van der Waals surface area contributed by atoms with Crippen molar-refractivity contribution in [1.29, 1.82) is 0 Å². The van der Waals surface area contributed by atoms with Crippen molar-refractivity contribution in [3.63, 3.8) is 0 Å². The number of aliphatic hydroxyl groups excluding tert-OH is 1. The number of phenolic OH excluding ortho intramolecular Hbond substituents is 3. The Kier molecular flexibility index (Phi) is 20.6. The number of hydrogen-bond donors (Lipinski definition) is 5. The van der Waals surface area contributed by atoms with Crippen LogP contribution < -0.4 is 4.74 Å². The summed E-state index contributed by atoms with van der Waals surface area (Å²) < 4.78 is 29.2. The fourth-order valence-corrected chi connectivity index (χ4v) is 14.8. The van der Waals surface area contributed by atoms with E-state index in [0.717, 1.165) is 97.8 Å². The lowest BCUT2D eigenvalue weighted by molar-refractivity contribution is -0.125. The zero-order chi connectivity index (χ0) is 44.4. The molecule has 0 heterocycles. The molecule has 0 radical (unpaired) electrons. The van der Waals surface area contributed by atoms with E-state index in [4.69, 9.17) is 23.0 Å². The zero-order valence-corrected chi connectivity index (χ0v) is 41.6. The van der Waals surface area contributed by atoms with E-state index in [1.165, 1.54) is 0 Å². The van der Waals surface area contributed by atoms with Crippen molar-refractivity contribution in [2.24, 2.45) is 0 Å². The SMILES string of the molecule is COc1cc(CCC[Si](C)(C)OO[Si](C)(C)CCCc2ccc(O)c(CO)c2)ccc1O.C[Si](C)(CCCc1ccccc1O)OO[Si](C)(C)CCCc1ccccc1O. The minimum absolute atomic E-state index is 0.138. The minimum atomic E-state index is -1.95. The van der Waals surface area contributed by atoms with Crippen molar-refractivity contribution in [3.8, 4) is 28.7 Å². The van der Waals surface area contributed by atoms with Crippen molar-refractivity contribution in [3.05, 3.63) is 113 Å². The molecule has 0 aliphatic rings. The molecule has 0 aromatic heterocycles. The first-order valence-corrected chi connectivity index (χ1v) is 33.7. The number of aliphatic hydroxyl groups is 1. The maximum Gasteiger partial charge on any atom is 0.231 e. The van der Waals surface area contributed by atoms with Crippen LogP contribution in [0.3, 0.4) is 0 Å². The molecule has 60 heavy (non-hydrogen) atoms. The number of hydrogen-bond acceptors (Lipinski definition) is 10. The fraction of sp³-hybridized carbons (Fsp3) is 0.478. The van der Waals surface area contributed by atoms with E-state index < -0.39 is 33.3 Å². The number of aryl methyl sites for hydroxylation is 4. The summed E-state index contributed by atoms with van der Waals surface area (Å²) in [5, 5.41) is 48.5. The Bertz CT molecular complexity index is 1750. The first-order valence-electron chi connectivity index (χ1n) is 21.3. The van der Waals surface area contributed by atoms with Gasteiger partial charge in [-0.05, 0) is 187 Å². The Labute approximate surface area is 363 Å². The summed E-state index contributed by atoms with van der Waals surface area (Å²) in [6, 6.07) is 29.9. The second-order valence-electron chi connectivity index (χ2n) is 18.2. The van der Waals surface area contributed by atoms with E-state index >= 15 is 0 Å². The van der Waals surface area contributed by atoms with Crippen molar-refractivity contribution >= 4 is 33.3 Å². The molecular formula is C46H72O10Si4. The van der Waals surface area contributed by atoms with E-state index in [0.29, 0.717) is 22.8 Å². The molecule has 0 saturated carbocycles. The summed E-state index contributed by atoms with van der Waals surface area (Å²) in [4.78, 5) is 0. The Morgan fingerprint density at radius 1 is 0.417 bits per heavy atom. The highest BCUT2D eigenvalue weighted by molar-refractivity contribution is 6.74. The van der Waals surface area contributed by atoms with Gasteiger partial charge in [-0.1, -0.05) is 48.5 Å². The van der Waals surface area contributed by atoms with Gasteiger partial charge in [0.05, 0.1) is 13.7 Å². The zero-order valence-electron chi connectivity index (χ0n) is 37.6. The first kappa shape index (κ1) is 50.9. The van der Waals surface area contributed by atoms with Crippen LogP contribution in [0.1, 0.15) is 53.5 Å². The molecule has 0 amide bonds. The van der Waals surface area contributed by atoms with Gasteiger partial charge in [0.1, 0.15) is 17.2 Å². The molecule has 332 valence electrons. The Morgan fingerprint density at radius 2 is 0.767 bits per heavy atom. The third-order valence-corrected chi connectivity index (χ3v) is 19.2. The highest BCUT2D eigenvalue weighted by Gasteiger charge is 2.32. The molecule has 4 aromatic carbocycles. The summed E-state index contributed by atoms with van der Waals surface area (Å²) in [6.45, 7) is 17.3. The van der Waals surface area contributed by atoms with Gasteiger partial charge in [-0.25, -0.2) is 0 Å². The van der Waals surface area contributed by atoms with E-state index in [9.17, 15) is 25.5 Å². The molecule has 4 aromatic rings. The van der Waals surface area contributed by atoms with Crippen molar-refractivity contribution < 1.29 is 48.6 Å². The van der Waals surface area contributed by atoms with Crippen LogP contribution in [0, 0.1) is 0 Å². The normalized spacial score (nSPS) is 12.2. The monoisotopic (exact) mass is 896 g/mol. The number of benzene rings is 4. The number of rotatable bonds is 24. The number of ether oxygens (including phenoxy) is 1. The summed E-state index contributed by atoms with van der Waals surface area (Å²) in [5.74, 6) is 1.55. The maximum atomic E-state index is 9.88. The molecule has 0 fully saturated rings. The van der Waals surface area contributed by atoms with Gasteiger partial charge in [0.2, 0.25) is 33.3 Å². The lowest BCUT2D eigenvalue weighted by atomic mass is 10.1. The van der Waals surface area contributed by atoms with Gasteiger partial charge in [0, 0.05) is 5.56 Å². The molecule has 0 aliphatic heterocycles. The van der Waals surface area contributed by atoms with E-state index in [1.807, 2.05) is 60.7 Å². The molecule has 14 heteroatoms. The predicted octanol–water partition coefficient (Wildman–Crippen LogP) is 11.5. The Balaban J connectivity index is 0.000000323. The number of aromatic hydroxyl groups is 4. The third-order valence-electron chi connectivity index (χ3n) is 10.5. The third kappa shape index (κ3) is 19.1. The largest absolute Gasteiger partial charge is 0.508 e. The average molecular weight is 897 g/mol. The number of phenols is 4. The summed E-state index contributed by atoms with van der Waals surface area (Å²) in [7, 11) is -6.15. The van der Waals surface area contributed by atoms with Gasteiger partial charge < -0.3 is 30.3 Å². The molecule has 0 spiro atoms. The standard InChI is InChI=1S/C24H38O6Si2.C22H34O4Si2/c1-28-24-17-20(11-13-23(24)27)9-7-15-32(4,5)30-29-31(2,3)14-6-8-19-10-12-22(26)21(16-19)18-25;1-27(2,17-9-13-19-11-5-7-15-21(19)23)25-26-28(3,4)18-10-14-20-12-6-8-16-22(20)24/h10-13,16-17,25-27H,6-9,14-15,18H2,1-5H3;5-8,11-12,15-16,23-24H,9-10,13-14,17-18H2,1-4H3. The van der Waals surface area contributed by atoms with Crippen LogP contribution >= 0.6 is 0 Å². The van der Waals surface area contributed by atoms with Crippen LogP contribution in [0.15, 0.2) is 84.9 Å². The Hall–Kier alpha value is -3.45. The molecular weight excluding hydrogens is 825 g/mol. The van der Waals surface area contributed by atoms with Gasteiger partial charge in [-0.15, -0.1) is 0 Å². The average Bonchev–Trinajstić information content (AvgIpc) is 3.19. The maximum absolute atomic E-state index is 9.88. The fourth-order valence-electron chi connectivity index (χ4n) is 6.71. The quantitative estimate of drug-likeness (QED) is 0.0262. The second kappa shape index (κ2) is 24.3. The highest BCUT2D eigenvalue weighted by atomic mass is 28.4. The molecule has 4 rings (SSSR count). The van der Waals surface area contributed by atoms with Crippen LogP contribution in [0.2, 0.25) is 76.6 Å². The predicted molar refractivity (Wildman–Crippen MR) is 252 cm³/mol. The Morgan fingerprint density at radius 3 is 1.15 bits per heavy atom. The molecule has 0 bridgehead atoms. The van der Waals surface area contributed by atoms with Crippen LogP contribution in [0.4, 0.5) is 0 Å². The van der Waals surface area contributed by atoms with Crippen LogP contribution in [0.5, 0.6) is 28.7 Å². The summed E-state index contributed by atoms with van der Waals surface area (Å²) >= 11 is 0. The summed E-state index contributed by atoms with van der Waals surface area (Å²) in [6.07, 6.45) is 7.42. The molecule has 5 N–H and O–H groups in total. The first-order chi connectivity index (χ1) is 28.2. The molecule has 0 aliphatic carbocycles. The van der Waals surface area contributed by atoms with Gasteiger partial charge in [-0.3, -0.25) is 18.3 Å².